The van der Waals surface area contributed by atoms with E-state index < -0.39 is 44.2 Å². The van der Waals surface area contributed by atoms with Crippen molar-refractivity contribution in [2.75, 3.05) is 5.32 Å². The Balaban J connectivity index is 1.64. The van der Waals surface area contributed by atoms with Crippen LogP contribution in [0.25, 0.3) is 0 Å². The predicted octanol–water partition coefficient (Wildman–Crippen LogP) is 7.45. The van der Waals surface area contributed by atoms with Crippen LogP contribution in [-0.2, 0) is 23.5 Å². The fraction of sp³-hybridized carbons (Fsp3) is 0.697. The van der Waals surface area contributed by atoms with Crippen LogP contribution < -0.4 is 5.32 Å². The molecule has 3 aliphatic rings. The molecule has 1 amide bonds. The highest BCUT2D eigenvalue weighted by Gasteiger charge is 2.57. The van der Waals surface area contributed by atoms with E-state index in [2.05, 4.69) is 69.8 Å². The maximum atomic E-state index is 13.8. The minimum absolute atomic E-state index is 0.00802. The molecule has 0 bridgehead atoms. The summed E-state index contributed by atoms with van der Waals surface area (Å²) in [5.74, 6) is -1.15. The standard InChI is InChI=1S/C33H50Cl2N2O6Si/c1-17-11-13-22-24(14-12-18(2)26(22)23(17)16-38)42-25-15-33(40,29(21(5)41-25)43-44(9,10)32(6,7)8)19(3)31(39)37-30-28(35)27(34)20(4)36-30/h11,13,16-17,19,21-26,29,36,40H,2,12,14-15H2,1,3-10H3,(H,37,39)/t17-,19?,21+,22-,23-,24+,25-,26-,29+,33+/m1/s1. The van der Waals surface area contributed by atoms with Gasteiger partial charge in [0.1, 0.15) is 28.8 Å². The van der Waals surface area contributed by atoms with Crippen molar-refractivity contribution in [3.63, 3.8) is 0 Å². The summed E-state index contributed by atoms with van der Waals surface area (Å²) in [5, 5.41) is 15.8. The second-order valence-electron chi connectivity index (χ2n) is 14.7. The second kappa shape index (κ2) is 13.0. The molecule has 1 unspecified atom stereocenters. The van der Waals surface area contributed by atoms with Gasteiger partial charge in [-0.2, -0.15) is 0 Å². The van der Waals surface area contributed by atoms with Gasteiger partial charge in [-0.25, -0.2) is 0 Å². The number of hydrogen-bond acceptors (Lipinski definition) is 6. The molecule has 2 fully saturated rings. The fourth-order valence-corrected chi connectivity index (χ4v) is 8.51. The molecule has 1 aromatic heterocycles. The Hall–Kier alpha value is -1.46. The molecule has 1 aromatic rings. The number of anilines is 1. The number of hydrogen-bond donors (Lipinski definition) is 3. The Bertz CT molecular complexity index is 1290. The number of ether oxygens (including phenoxy) is 2. The van der Waals surface area contributed by atoms with Crippen LogP contribution in [0.3, 0.4) is 0 Å². The molecule has 2 aliphatic carbocycles. The Morgan fingerprint density at radius 1 is 1.27 bits per heavy atom. The van der Waals surface area contributed by atoms with E-state index in [1.54, 1.807) is 13.8 Å². The van der Waals surface area contributed by atoms with E-state index in [1.165, 1.54) is 0 Å². The summed E-state index contributed by atoms with van der Waals surface area (Å²) < 4.78 is 19.9. The first-order chi connectivity index (χ1) is 20.3. The van der Waals surface area contributed by atoms with Gasteiger partial charge in [0.15, 0.2) is 14.6 Å². The molecule has 1 saturated carbocycles. The molecule has 4 rings (SSSR count). The maximum Gasteiger partial charge on any atom is 0.231 e. The highest BCUT2D eigenvalue weighted by molar-refractivity contribution is 6.74. The number of aliphatic hydroxyl groups is 1. The van der Waals surface area contributed by atoms with E-state index in [9.17, 15) is 14.7 Å². The van der Waals surface area contributed by atoms with Gasteiger partial charge in [-0.1, -0.05) is 82.1 Å². The molecule has 0 spiro atoms. The molecular formula is C33H50Cl2N2O6Si. The zero-order valence-corrected chi connectivity index (χ0v) is 30.0. The monoisotopic (exact) mass is 668 g/mol. The van der Waals surface area contributed by atoms with Crippen LogP contribution in [0.4, 0.5) is 5.82 Å². The van der Waals surface area contributed by atoms with Crippen LogP contribution >= 0.6 is 23.2 Å². The largest absolute Gasteiger partial charge is 0.408 e. The number of nitrogens with one attached hydrogen (secondary N) is 2. The number of aldehydes is 1. The number of amides is 1. The highest BCUT2D eigenvalue weighted by atomic mass is 35.5. The first-order valence-corrected chi connectivity index (χ1v) is 19.4. The van der Waals surface area contributed by atoms with E-state index in [1.807, 2.05) is 6.92 Å². The average molecular weight is 670 g/mol. The van der Waals surface area contributed by atoms with Gasteiger partial charge in [-0.05, 0) is 56.7 Å². The zero-order chi connectivity index (χ0) is 32.9. The van der Waals surface area contributed by atoms with Crippen molar-refractivity contribution in [1.82, 2.24) is 4.98 Å². The molecule has 2 heterocycles. The third-order valence-electron chi connectivity index (χ3n) is 10.7. The van der Waals surface area contributed by atoms with Gasteiger partial charge < -0.3 is 34.1 Å². The zero-order valence-electron chi connectivity index (χ0n) is 27.5. The van der Waals surface area contributed by atoms with E-state index in [4.69, 9.17) is 37.1 Å². The number of aryl methyl sites for hydroxylation is 1. The van der Waals surface area contributed by atoms with Gasteiger partial charge in [-0.15, -0.1) is 0 Å². The van der Waals surface area contributed by atoms with Crippen LogP contribution in [-0.4, -0.2) is 60.8 Å². The molecule has 246 valence electrons. The summed E-state index contributed by atoms with van der Waals surface area (Å²) in [7, 11) is -2.41. The number of aromatic amines is 1. The van der Waals surface area contributed by atoms with Crippen molar-refractivity contribution in [2.45, 2.75) is 116 Å². The minimum Gasteiger partial charge on any atom is -0.408 e. The third kappa shape index (κ3) is 6.66. The van der Waals surface area contributed by atoms with Gasteiger partial charge >= 0.3 is 0 Å². The lowest BCUT2D eigenvalue weighted by molar-refractivity contribution is -0.296. The molecule has 0 radical (unpaired) electrons. The molecule has 3 N–H and O–H groups in total. The first kappa shape index (κ1) is 35.4. The van der Waals surface area contributed by atoms with E-state index in [-0.39, 0.29) is 52.1 Å². The van der Waals surface area contributed by atoms with Crippen molar-refractivity contribution in [3.05, 3.63) is 40.0 Å². The quantitative estimate of drug-likeness (QED) is 0.151. The number of allylic oxidation sites excluding steroid dienone is 2. The lowest BCUT2D eigenvalue weighted by Gasteiger charge is -2.53. The average Bonchev–Trinajstić information content (AvgIpc) is 3.17. The Morgan fingerprint density at radius 2 is 1.93 bits per heavy atom. The van der Waals surface area contributed by atoms with Crippen LogP contribution in [0.15, 0.2) is 24.3 Å². The van der Waals surface area contributed by atoms with E-state index >= 15 is 0 Å². The van der Waals surface area contributed by atoms with Crippen molar-refractivity contribution in [2.24, 2.45) is 29.6 Å². The van der Waals surface area contributed by atoms with Crippen LogP contribution in [0.1, 0.15) is 66.5 Å². The van der Waals surface area contributed by atoms with Crippen LogP contribution in [0, 0.1) is 36.5 Å². The molecule has 11 heteroatoms. The number of H-pyrrole nitrogens is 1. The number of aromatic nitrogens is 1. The lowest BCUT2D eigenvalue weighted by Crippen LogP contribution is -2.66. The smallest absolute Gasteiger partial charge is 0.231 e. The fourth-order valence-electron chi connectivity index (χ4n) is 6.74. The second-order valence-corrected chi connectivity index (χ2v) is 20.2. The van der Waals surface area contributed by atoms with Gasteiger partial charge in [0.25, 0.3) is 0 Å². The number of carbonyl (C=O) groups excluding carboxylic acids is 2. The van der Waals surface area contributed by atoms with Crippen molar-refractivity contribution < 1.29 is 28.6 Å². The summed E-state index contributed by atoms with van der Waals surface area (Å²) in [5.41, 5.74) is 0.0610. The van der Waals surface area contributed by atoms with E-state index in [0.717, 1.165) is 24.7 Å². The number of halogens is 2. The summed E-state index contributed by atoms with van der Waals surface area (Å²) >= 11 is 12.6. The Morgan fingerprint density at radius 3 is 2.50 bits per heavy atom. The molecule has 8 nitrogen and oxygen atoms in total. The predicted molar refractivity (Wildman–Crippen MR) is 177 cm³/mol. The third-order valence-corrected chi connectivity index (χ3v) is 16.1. The molecule has 1 aliphatic heterocycles. The van der Waals surface area contributed by atoms with Gasteiger partial charge in [0, 0.05) is 24.0 Å². The highest BCUT2D eigenvalue weighted by Crippen LogP contribution is 2.48. The SMILES string of the molecule is C=C1CC[C@H](O[C@@H]2C[C@](O)(C(C)C(=O)Nc3[nH]c(C)c(Cl)c3Cl)[C@@H](O[Si](C)(C)C(C)(C)C)[C@H](C)O2)[C@H]2C=C[C@@H](C)[C@@H](C=O)[C@H]12. The van der Waals surface area contributed by atoms with Crippen LogP contribution in [0.2, 0.25) is 28.2 Å². The molecular weight excluding hydrogens is 619 g/mol. The molecule has 1 saturated heterocycles. The van der Waals surface area contributed by atoms with Crippen molar-refractivity contribution >= 4 is 49.5 Å². The normalized spacial score (nSPS) is 35.2. The Kier molecular flexibility index (Phi) is 10.4. The summed E-state index contributed by atoms with van der Waals surface area (Å²) in [6.45, 7) is 22.3. The first-order valence-electron chi connectivity index (χ1n) is 15.7. The summed E-state index contributed by atoms with van der Waals surface area (Å²) in [6.07, 6.45) is 4.38. The minimum atomic E-state index is -2.41. The van der Waals surface area contributed by atoms with Crippen molar-refractivity contribution in [1.29, 1.82) is 0 Å². The topological polar surface area (TPSA) is 110 Å². The van der Waals surface area contributed by atoms with Crippen LogP contribution in [0.5, 0.6) is 0 Å². The lowest BCUT2D eigenvalue weighted by atomic mass is 9.63. The summed E-state index contributed by atoms with van der Waals surface area (Å²) in [4.78, 5) is 28.8. The Labute approximate surface area is 273 Å². The number of carbonyl (C=O) groups is 2. The number of rotatable bonds is 8. The van der Waals surface area contributed by atoms with Gasteiger partial charge in [0.05, 0.1) is 23.1 Å². The van der Waals surface area contributed by atoms with E-state index in [0.29, 0.717) is 10.7 Å². The molecule has 10 atom stereocenters. The summed E-state index contributed by atoms with van der Waals surface area (Å²) in [6, 6.07) is 0. The van der Waals surface area contributed by atoms with Gasteiger partial charge in [-0.3, -0.25) is 4.79 Å². The number of fused-ring (bicyclic) bond motifs is 1. The maximum absolute atomic E-state index is 13.8. The van der Waals surface area contributed by atoms with Crippen molar-refractivity contribution in [3.8, 4) is 0 Å². The molecule has 44 heavy (non-hydrogen) atoms. The molecule has 0 aromatic carbocycles. The van der Waals surface area contributed by atoms with Gasteiger partial charge in [0.2, 0.25) is 5.91 Å².